The summed E-state index contributed by atoms with van der Waals surface area (Å²) in [6.07, 6.45) is 0.728. The first kappa shape index (κ1) is 16.8. The van der Waals surface area contributed by atoms with Crippen LogP contribution in [0.1, 0.15) is 29.3 Å². The number of hydrogen-bond donors (Lipinski definition) is 0. The van der Waals surface area contributed by atoms with Crippen LogP contribution in [0, 0.1) is 0 Å². The van der Waals surface area contributed by atoms with Crippen molar-refractivity contribution in [2.24, 2.45) is 0 Å². The zero-order valence-electron chi connectivity index (χ0n) is 14.3. The molecule has 2 aromatic rings. The van der Waals surface area contributed by atoms with E-state index in [2.05, 4.69) is 0 Å². The third kappa shape index (κ3) is 2.42. The molecule has 2 heterocycles. The van der Waals surface area contributed by atoms with E-state index in [1.807, 2.05) is 31.2 Å². The van der Waals surface area contributed by atoms with Gasteiger partial charge in [-0.05, 0) is 37.1 Å². The zero-order chi connectivity index (χ0) is 18.5. The fourth-order valence-corrected chi connectivity index (χ4v) is 5.28. The quantitative estimate of drug-likeness (QED) is 0.830. The maximum absolute atomic E-state index is 12.8. The molecule has 0 unspecified atom stereocenters. The molecule has 0 saturated carbocycles. The van der Waals surface area contributed by atoms with Gasteiger partial charge in [-0.3, -0.25) is 9.59 Å². The lowest BCUT2D eigenvalue weighted by Gasteiger charge is -2.24. The maximum atomic E-state index is 12.8. The number of fused-ring (bicyclic) bond motifs is 2. The van der Waals surface area contributed by atoms with Crippen LogP contribution in [0.15, 0.2) is 53.4 Å². The van der Waals surface area contributed by atoms with Gasteiger partial charge in [-0.2, -0.15) is 0 Å². The van der Waals surface area contributed by atoms with Gasteiger partial charge in [-0.1, -0.05) is 30.3 Å². The molecule has 26 heavy (non-hydrogen) atoms. The molecule has 6 nitrogen and oxygen atoms in total. The Hall–Kier alpha value is -2.67. The van der Waals surface area contributed by atoms with Gasteiger partial charge in [0.25, 0.3) is 15.9 Å². The van der Waals surface area contributed by atoms with Crippen LogP contribution in [0.2, 0.25) is 0 Å². The van der Waals surface area contributed by atoms with Crippen LogP contribution in [0.5, 0.6) is 0 Å². The van der Waals surface area contributed by atoms with Crippen molar-refractivity contribution in [1.82, 2.24) is 4.31 Å². The number of anilines is 1. The summed E-state index contributed by atoms with van der Waals surface area (Å²) in [5, 5.41) is 0. The second-order valence-electron chi connectivity index (χ2n) is 6.57. The van der Waals surface area contributed by atoms with Crippen molar-refractivity contribution >= 4 is 27.5 Å². The molecule has 0 aromatic heterocycles. The summed E-state index contributed by atoms with van der Waals surface area (Å²) >= 11 is 0. The molecule has 0 radical (unpaired) electrons. The first-order valence-corrected chi connectivity index (χ1v) is 9.91. The Kier molecular flexibility index (Phi) is 3.84. The van der Waals surface area contributed by atoms with Gasteiger partial charge in [-0.15, -0.1) is 0 Å². The minimum absolute atomic E-state index is 0.0114. The maximum Gasteiger partial charge on any atom is 0.269 e. The Morgan fingerprint density at radius 2 is 1.81 bits per heavy atom. The van der Waals surface area contributed by atoms with E-state index in [9.17, 15) is 18.0 Å². The van der Waals surface area contributed by atoms with Crippen molar-refractivity contribution < 1.29 is 18.0 Å². The lowest BCUT2D eigenvalue weighted by Crippen LogP contribution is -2.39. The van der Waals surface area contributed by atoms with Gasteiger partial charge in [0.2, 0.25) is 5.91 Å². The molecule has 0 N–H and O–H groups in total. The average molecular weight is 370 g/mol. The predicted octanol–water partition coefficient (Wildman–Crippen LogP) is 2.20. The third-order valence-corrected chi connectivity index (χ3v) is 6.76. The van der Waals surface area contributed by atoms with Crippen molar-refractivity contribution in [2.45, 2.75) is 30.7 Å². The van der Waals surface area contributed by atoms with Gasteiger partial charge in [0.05, 0.1) is 5.56 Å². The number of nitrogens with zero attached hydrogens (tertiary/aromatic N) is 2. The smallest absolute Gasteiger partial charge is 0.269 e. The van der Waals surface area contributed by atoms with Crippen molar-refractivity contribution in [3.8, 4) is 0 Å². The van der Waals surface area contributed by atoms with E-state index in [-0.39, 0.29) is 35.4 Å². The van der Waals surface area contributed by atoms with E-state index >= 15 is 0 Å². The minimum atomic E-state index is -3.88. The second-order valence-corrected chi connectivity index (χ2v) is 8.40. The van der Waals surface area contributed by atoms with Crippen LogP contribution >= 0.6 is 0 Å². The van der Waals surface area contributed by atoms with Gasteiger partial charge >= 0.3 is 0 Å². The van der Waals surface area contributed by atoms with Crippen LogP contribution < -0.4 is 4.90 Å². The van der Waals surface area contributed by atoms with Gasteiger partial charge in [0.15, 0.2) is 0 Å². The SMILES string of the molecule is C[C@H]1Cc2ccccc2N1C(=O)CCN1C(=O)c2ccccc2S1(=O)=O. The Morgan fingerprint density at radius 3 is 2.58 bits per heavy atom. The Balaban J connectivity index is 1.54. The Morgan fingerprint density at radius 1 is 1.12 bits per heavy atom. The van der Waals surface area contributed by atoms with E-state index in [0.29, 0.717) is 0 Å². The van der Waals surface area contributed by atoms with Crippen LogP contribution in [-0.2, 0) is 21.2 Å². The fourth-order valence-electron chi connectivity index (χ4n) is 3.72. The van der Waals surface area contributed by atoms with Crippen LogP contribution in [0.4, 0.5) is 5.69 Å². The first-order valence-electron chi connectivity index (χ1n) is 8.47. The molecule has 2 aromatic carbocycles. The van der Waals surface area contributed by atoms with Gasteiger partial charge in [-0.25, -0.2) is 12.7 Å². The van der Waals surface area contributed by atoms with E-state index < -0.39 is 15.9 Å². The van der Waals surface area contributed by atoms with E-state index in [1.165, 1.54) is 12.1 Å². The highest BCUT2D eigenvalue weighted by Gasteiger charge is 2.41. The molecule has 0 bridgehead atoms. The van der Waals surface area contributed by atoms with Crippen LogP contribution in [-0.4, -0.2) is 37.1 Å². The first-order chi connectivity index (χ1) is 12.4. The lowest BCUT2D eigenvalue weighted by molar-refractivity contribution is -0.118. The monoisotopic (exact) mass is 370 g/mol. The van der Waals surface area contributed by atoms with Crippen molar-refractivity contribution in [2.75, 3.05) is 11.4 Å². The molecule has 0 spiro atoms. The molecule has 2 aliphatic rings. The minimum Gasteiger partial charge on any atom is -0.309 e. The summed E-state index contributed by atoms with van der Waals surface area (Å²) in [7, 11) is -3.88. The highest BCUT2D eigenvalue weighted by molar-refractivity contribution is 7.90. The summed E-state index contributed by atoms with van der Waals surface area (Å²) in [5.41, 5.74) is 2.13. The fraction of sp³-hybridized carbons (Fsp3) is 0.263. The van der Waals surface area contributed by atoms with E-state index in [4.69, 9.17) is 0 Å². The largest absolute Gasteiger partial charge is 0.309 e. The zero-order valence-corrected chi connectivity index (χ0v) is 15.1. The number of para-hydroxylation sites is 1. The number of carbonyl (C=O) groups is 2. The molecule has 1 atom stereocenters. The van der Waals surface area contributed by atoms with E-state index in [1.54, 1.807) is 17.0 Å². The molecule has 0 fully saturated rings. The normalized spacial score (nSPS) is 20.2. The number of rotatable bonds is 3. The number of benzene rings is 2. The topological polar surface area (TPSA) is 74.8 Å². The number of hydrogen-bond acceptors (Lipinski definition) is 4. The summed E-state index contributed by atoms with van der Waals surface area (Å²) < 4.78 is 26.0. The standard InChI is InChI=1S/C19H18N2O4S/c1-13-12-14-6-2-4-8-16(14)21(13)18(22)10-11-20-19(23)15-7-3-5-9-17(15)26(20,24)25/h2-9,13H,10-12H2,1H3/t13-/m0/s1. The summed E-state index contributed by atoms with van der Waals surface area (Å²) in [5.74, 6) is -0.746. The van der Waals surface area contributed by atoms with Gasteiger partial charge in [0, 0.05) is 24.7 Å². The lowest BCUT2D eigenvalue weighted by atomic mass is 10.1. The number of carbonyl (C=O) groups excluding carboxylic acids is 2. The van der Waals surface area contributed by atoms with Crippen LogP contribution in [0.3, 0.4) is 0 Å². The molecule has 0 saturated heterocycles. The molecule has 2 amide bonds. The molecule has 134 valence electrons. The second kappa shape index (κ2) is 5.95. The van der Waals surface area contributed by atoms with E-state index in [0.717, 1.165) is 22.0 Å². The number of amides is 2. The van der Waals surface area contributed by atoms with Gasteiger partial charge < -0.3 is 4.90 Å². The van der Waals surface area contributed by atoms with Crippen molar-refractivity contribution in [3.63, 3.8) is 0 Å². The molecular formula is C19H18N2O4S. The Bertz CT molecular complexity index is 1020. The summed E-state index contributed by atoms with van der Waals surface area (Å²) in [6.45, 7) is 1.81. The molecule has 4 rings (SSSR count). The number of sulfonamides is 1. The van der Waals surface area contributed by atoms with Crippen LogP contribution in [0.25, 0.3) is 0 Å². The predicted molar refractivity (Wildman–Crippen MR) is 96.4 cm³/mol. The highest BCUT2D eigenvalue weighted by Crippen LogP contribution is 2.33. The molecule has 0 aliphatic carbocycles. The molecular weight excluding hydrogens is 352 g/mol. The highest BCUT2D eigenvalue weighted by atomic mass is 32.2. The third-order valence-electron chi connectivity index (χ3n) is 4.92. The van der Waals surface area contributed by atoms with Crippen molar-refractivity contribution in [1.29, 1.82) is 0 Å². The molecule has 7 heteroatoms. The average Bonchev–Trinajstić information content (AvgIpc) is 3.05. The van der Waals surface area contributed by atoms with Gasteiger partial charge in [0.1, 0.15) is 4.90 Å². The Labute approximate surface area is 152 Å². The summed E-state index contributed by atoms with van der Waals surface area (Å²) in [4.78, 5) is 26.9. The molecule has 2 aliphatic heterocycles. The summed E-state index contributed by atoms with van der Waals surface area (Å²) in [6, 6.07) is 13.8. The van der Waals surface area contributed by atoms with Crippen molar-refractivity contribution in [3.05, 3.63) is 59.7 Å².